The summed E-state index contributed by atoms with van der Waals surface area (Å²) in [7, 11) is 0.777. The van der Waals surface area contributed by atoms with Crippen LogP contribution in [0, 0.1) is 0 Å². The molecule has 0 saturated heterocycles. The van der Waals surface area contributed by atoms with Crippen molar-refractivity contribution in [1.29, 1.82) is 0 Å². The van der Waals surface area contributed by atoms with Gasteiger partial charge in [-0.2, -0.15) is 0 Å². The molecule has 0 amide bonds. The molecule has 0 nitrogen and oxygen atoms in total. The molecule has 8 aromatic carbocycles. The normalized spacial score (nSPS) is 13.9. The van der Waals surface area contributed by atoms with Gasteiger partial charge in [-0.05, 0) is 50.3 Å². The van der Waals surface area contributed by atoms with E-state index in [0.717, 1.165) is 22.4 Å². The summed E-state index contributed by atoms with van der Waals surface area (Å²) in [6.45, 7) is 16.3. The molecule has 1 unspecified atom stereocenters. The molecule has 282 valence electrons. The van der Waals surface area contributed by atoms with Crippen LogP contribution >= 0.6 is 0 Å². The van der Waals surface area contributed by atoms with E-state index >= 15 is 0 Å². The molecule has 1 aliphatic carbocycles. The molecule has 8 aromatic rings. The molecule has 2 heteroatoms. The first-order valence-electron chi connectivity index (χ1n) is 20.4. The van der Waals surface area contributed by atoms with E-state index in [0.29, 0.717) is 0 Å². The van der Waals surface area contributed by atoms with E-state index in [-0.39, 0.29) is 43.0 Å². The van der Waals surface area contributed by atoms with E-state index in [9.17, 15) is 0 Å². The third kappa shape index (κ3) is 8.41. The fourth-order valence-corrected chi connectivity index (χ4v) is 9.56. The van der Waals surface area contributed by atoms with Gasteiger partial charge in [0.1, 0.15) is 9.52 Å². The van der Waals surface area contributed by atoms with E-state index in [2.05, 4.69) is 212 Å². The van der Waals surface area contributed by atoms with Gasteiger partial charge in [-0.3, -0.25) is 0 Å². The van der Waals surface area contributed by atoms with Crippen molar-refractivity contribution in [1.82, 2.24) is 0 Å². The van der Waals surface area contributed by atoms with Crippen molar-refractivity contribution in [2.24, 2.45) is 0 Å². The van der Waals surface area contributed by atoms with E-state index in [4.69, 9.17) is 0 Å². The molecule has 9 rings (SSSR count). The van der Waals surface area contributed by atoms with E-state index in [1.807, 2.05) is 0 Å². The summed E-state index contributed by atoms with van der Waals surface area (Å²) in [6.07, 6.45) is 4.78. The standard InChI is InChI=1S/C43H43.C12H10Si.Zr/c1-8-13-29-23-37-34(33-17-11-15-27-14-9-10-16-32(27)33)18-12-19-35(37)41(29)40-26-31(43(5,6)7)25-39-36-24-30(42(2,3)4)21-20-28(36)22-38(39)40;1-3-7-11(8-4-1)13-12-9-5-2-6-10-12;/h9-12,14-26,41H,8,13H2,1-7H3;1-10H;/q-1;;. The van der Waals surface area contributed by atoms with Gasteiger partial charge in [0.15, 0.2) is 0 Å². The monoisotopic (exact) mass is 831 g/mol. The van der Waals surface area contributed by atoms with Gasteiger partial charge in [-0.25, -0.2) is 0 Å². The molecule has 0 saturated carbocycles. The van der Waals surface area contributed by atoms with Crippen molar-refractivity contribution < 1.29 is 26.2 Å². The molecule has 0 bridgehead atoms. The average molecular weight is 833 g/mol. The maximum absolute atomic E-state index is 2.54. The molecule has 0 aromatic heterocycles. The zero-order valence-corrected chi connectivity index (χ0v) is 38.0. The maximum atomic E-state index is 2.54. The van der Waals surface area contributed by atoms with Gasteiger partial charge in [-0.1, -0.05) is 239 Å². The quantitative estimate of drug-likeness (QED) is 0.116. The Labute approximate surface area is 362 Å². The zero-order chi connectivity index (χ0) is 39.0. The van der Waals surface area contributed by atoms with Crippen molar-refractivity contribution in [3.05, 3.63) is 191 Å². The summed E-state index contributed by atoms with van der Waals surface area (Å²) >= 11 is 0. The van der Waals surface area contributed by atoms with E-state index < -0.39 is 0 Å². The second-order valence-electron chi connectivity index (χ2n) is 17.6. The van der Waals surface area contributed by atoms with Crippen molar-refractivity contribution in [2.45, 2.75) is 78.1 Å². The number of fused-ring (bicyclic) bond motifs is 5. The summed E-state index contributed by atoms with van der Waals surface area (Å²) in [5.41, 5.74) is 11.5. The number of hydrogen-bond acceptors (Lipinski definition) is 0. The largest absolute Gasteiger partial charge is 0.126 e. The minimum Gasteiger partial charge on any atom is -0.126 e. The fourth-order valence-electron chi connectivity index (χ4n) is 8.51. The molecule has 0 N–H and O–H groups in total. The SMILES string of the molecule is CCCC1=Cc2c(-c3cccc4ccccc34)cccc2C1c1cc(C(C)(C)C)cc2c1[cH-]c1ccc(C(C)(C)C)cc12.[Zr].c1ccc([Si]c2ccccc2)cc1. The maximum Gasteiger partial charge on any atom is 0.121 e. The van der Waals surface area contributed by atoms with Gasteiger partial charge in [0.2, 0.25) is 0 Å². The van der Waals surface area contributed by atoms with Crippen LogP contribution in [-0.4, -0.2) is 9.52 Å². The number of hydrogen-bond donors (Lipinski definition) is 0. The minimum absolute atomic E-state index is 0. The van der Waals surface area contributed by atoms with E-state index in [1.54, 1.807) is 0 Å². The van der Waals surface area contributed by atoms with Gasteiger partial charge in [-0.15, -0.1) is 33.7 Å². The molecular formula is C55H53SiZr-. The van der Waals surface area contributed by atoms with Crippen LogP contribution in [0.25, 0.3) is 49.5 Å². The molecule has 0 fully saturated rings. The van der Waals surface area contributed by atoms with Crippen LogP contribution in [0.5, 0.6) is 0 Å². The second kappa shape index (κ2) is 16.8. The van der Waals surface area contributed by atoms with Crippen LogP contribution in [0.2, 0.25) is 0 Å². The molecular weight excluding hydrogens is 780 g/mol. The summed E-state index contributed by atoms with van der Waals surface area (Å²) in [5, 5.41) is 11.0. The Balaban J connectivity index is 0.000000301. The average Bonchev–Trinajstić information content (AvgIpc) is 3.76. The van der Waals surface area contributed by atoms with Gasteiger partial charge in [0, 0.05) is 32.1 Å². The van der Waals surface area contributed by atoms with Crippen molar-refractivity contribution in [3.8, 4) is 11.1 Å². The Morgan fingerprint density at radius 2 is 1.14 bits per heavy atom. The second-order valence-corrected chi connectivity index (χ2v) is 19.0. The Morgan fingerprint density at radius 1 is 0.544 bits per heavy atom. The van der Waals surface area contributed by atoms with Crippen molar-refractivity contribution in [2.75, 3.05) is 0 Å². The summed E-state index contributed by atoms with van der Waals surface area (Å²) in [6, 6.07) is 58.3. The Hall–Kier alpha value is -4.49. The third-order valence-electron chi connectivity index (χ3n) is 11.5. The Kier molecular flexibility index (Phi) is 12.0. The smallest absolute Gasteiger partial charge is 0.121 e. The fraction of sp³-hybridized carbons (Fsp3) is 0.218. The first-order chi connectivity index (χ1) is 27.0. The zero-order valence-electron chi connectivity index (χ0n) is 34.6. The molecule has 1 aliphatic rings. The van der Waals surface area contributed by atoms with Crippen molar-refractivity contribution >= 4 is 58.3 Å². The van der Waals surface area contributed by atoms with Crippen LogP contribution < -0.4 is 10.4 Å². The molecule has 1 atom stereocenters. The van der Waals surface area contributed by atoms with Crippen LogP contribution in [0.4, 0.5) is 0 Å². The number of allylic oxidation sites excluding steroid dienone is 1. The molecule has 2 radical (unpaired) electrons. The van der Waals surface area contributed by atoms with Gasteiger partial charge in [0.05, 0.1) is 0 Å². The van der Waals surface area contributed by atoms with E-state index in [1.165, 1.54) is 87.2 Å². The van der Waals surface area contributed by atoms with Crippen molar-refractivity contribution in [3.63, 3.8) is 0 Å². The number of rotatable bonds is 6. The van der Waals surface area contributed by atoms with Gasteiger partial charge < -0.3 is 0 Å². The Bertz CT molecular complexity index is 2640. The van der Waals surface area contributed by atoms with Crippen LogP contribution in [0.15, 0.2) is 163 Å². The summed E-state index contributed by atoms with van der Waals surface area (Å²) in [5.74, 6) is 0.258. The predicted octanol–water partition coefficient (Wildman–Crippen LogP) is 13.8. The summed E-state index contributed by atoms with van der Waals surface area (Å²) in [4.78, 5) is 0. The molecule has 0 heterocycles. The first kappa shape index (κ1) is 40.7. The third-order valence-corrected chi connectivity index (χ3v) is 12.7. The topological polar surface area (TPSA) is 0 Å². The summed E-state index contributed by atoms with van der Waals surface area (Å²) < 4.78 is 0. The predicted molar refractivity (Wildman–Crippen MR) is 246 cm³/mol. The molecule has 0 spiro atoms. The van der Waals surface area contributed by atoms with Crippen LogP contribution in [0.1, 0.15) is 95.0 Å². The minimum atomic E-state index is 0. The molecule has 57 heavy (non-hydrogen) atoms. The first-order valence-corrected chi connectivity index (χ1v) is 21.4. The van der Waals surface area contributed by atoms with Gasteiger partial charge >= 0.3 is 0 Å². The molecule has 0 aliphatic heterocycles. The van der Waals surface area contributed by atoms with Crippen LogP contribution in [-0.2, 0) is 37.0 Å². The van der Waals surface area contributed by atoms with Gasteiger partial charge in [0.25, 0.3) is 0 Å². The number of benzene rings is 7. The Morgan fingerprint density at radius 3 is 1.81 bits per heavy atom. The van der Waals surface area contributed by atoms with Crippen LogP contribution in [0.3, 0.4) is 0 Å².